The van der Waals surface area contributed by atoms with Crippen molar-refractivity contribution < 1.29 is 32.6 Å². The SMILES string of the molecule is O=C(O)N[C@H](C(=O)N[C@H]1CCCC[C@@H]1CC[C@H]1CN[C@@H]2CCCS(O)(O)N1C2)[C@@H](c1ccc(Cl)cc1)c1cc(F)cc(F)c1. The minimum absolute atomic E-state index is 0.0359. The number of carboxylic acid groups (broad SMARTS) is 1. The molecule has 3 aliphatic rings. The van der Waals surface area contributed by atoms with E-state index in [1.165, 1.54) is 0 Å². The third-order valence-corrected chi connectivity index (χ3v) is 11.6. The Morgan fingerprint density at radius 3 is 2.41 bits per heavy atom. The van der Waals surface area contributed by atoms with Crippen LogP contribution < -0.4 is 16.0 Å². The van der Waals surface area contributed by atoms with Gasteiger partial charge in [-0.2, -0.15) is 0 Å². The van der Waals surface area contributed by atoms with Gasteiger partial charge in [-0.1, -0.05) is 36.6 Å². The minimum atomic E-state index is -2.82. The second-order valence-corrected chi connectivity index (χ2v) is 14.8. The van der Waals surface area contributed by atoms with E-state index in [1.54, 1.807) is 24.3 Å². The molecule has 2 aliphatic heterocycles. The van der Waals surface area contributed by atoms with Gasteiger partial charge >= 0.3 is 6.09 Å². The average molecular weight is 655 g/mol. The molecule has 1 aliphatic carbocycles. The highest BCUT2D eigenvalue weighted by molar-refractivity contribution is 8.22. The summed E-state index contributed by atoms with van der Waals surface area (Å²) in [6.07, 6.45) is 5.18. The normalized spacial score (nSPS) is 28.6. The van der Waals surface area contributed by atoms with Crippen LogP contribution in [-0.4, -0.2) is 73.5 Å². The third kappa shape index (κ3) is 8.02. The first-order valence-electron chi connectivity index (χ1n) is 15.3. The van der Waals surface area contributed by atoms with E-state index in [1.807, 2.05) is 4.31 Å². The molecular formula is C31H41ClF2N4O5S. The smallest absolute Gasteiger partial charge is 0.405 e. The topological polar surface area (TPSA) is 134 Å². The summed E-state index contributed by atoms with van der Waals surface area (Å²) in [6, 6.07) is 7.89. The van der Waals surface area contributed by atoms with E-state index >= 15 is 0 Å². The molecule has 7 atom stereocenters. The molecule has 0 aromatic heterocycles. The van der Waals surface area contributed by atoms with Crippen molar-refractivity contribution in [3.63, 3.8) is 0 Å². The maximum Gasteiger partial charge on any atom is 0.405 e. The molecule has 242 valence electrons. The van der Waals surface area contributed by atoms with Crippen LogP contribution in [-0.2, 0) is 4.79 Å². The first-order valence-corrected chi connectivity index (χ1v) is 17.3. The molecule has 5 rings (SSSR count). The highest BCUT2D eigenvalue weighted by Gasteiger charge is 2.40. The number of halogens is 3. The number of amides is 2. The van der Waals surface area contributed by atoms with E-state index in [0.717, 1.165) is 63.1 Å². The third-order valence-electron chi connectivity index (χ3n) is 9.27. The number of carbonyl (C=O) groups is 2. The molecule has 3 fully saturated rings. The van der Waals surface area contributed by atoms with Crippen molar-refractivity contribution >= 4 is 34.4 Å². The van der Waals surface area contributed by atoms with Crippen molar-refractivity contribution in [2.75, 3.05) is 18.8 Å². The summed E-state index contributed by atoms with van der Waals surface area (Å²) in [4.78, 5) is 25.9. The van der Waals surface area contributed by atoms with Gasteiger partial charge in [-0.05, 0) is 79.8 Å². The van der Waals surface area contributed by atoms with Gasteiger partial charge in [0.1, 0.15) is 17.7 Å². The van der Waals surface area contributed by atoms with Crippen LogP contribution in [0.1, 0.15) is 68.4 Å². The fourth-order valence-electron chi connectivity index (χ4n) is 7.13. The number of piperazine rings is 1. The van der Waals surface area contributed by atoms with Gasteiger partial charge in [0, 0.05) is 48.2 Å². The molecule has 2 heterocycles. The van der Waals surface area contributed by atoms with Crippen LogP contribution in [0.3, 0.4) is 0 Å². The fraction of sp³-hybridized carbons (Fsp3) is 0.548. The molecule has 2 bridgehead atoms. The summed E-state index contributed by atoms with van der Waals surface area (Å²) in [5, 5.41) is 19.1. The summed E-state index contributed by atoms with van der Waals surface area (Å²) in [7, 11) is -2.82. The van der Waals surface area contributed by atoms with Gasteiger partial charge in [0.2, 0.25) is 5.91 Å². The number of nitrogens with one attached hydrogen (secondary N) is 3. The quantitative estimate of drug-likeness (QED) is 0.197. The van der Waals surface area contributed by atoms with Crippen molar-refractivity contribution in [3.8, 4) is 0 Å². The summed E-state index contributed by atoms with van der Waals surface area (Å²) < 4.78 is 52.3. The van der Waals surface area contributed by atoms with Gasteiger partial charge in [-0.15, -0.1) is 10.8 Å². The average Bonchev–Trinajstić information content (AvgIpc) is 3.08. The molecule has 2 aromatic rings. The van der Waals surface area contributed by atoms with Crippen LogP contribution >= 0.6 is 22.4 Å². The number of carbonyl (C=O) groups excluding carboxylic acids is 1. The lowest BCUT2D eigenvalue weighted by Gasteiger charge is -2.49. The van der Waals surface area contributed by atoms with Gasteiger partial charge in [-0.3, -0.25) is 13.9 Å². The number of hydrogen-bond acceptors (Lipinski definition) is 6. The van der Waals surface area contributed by atoms with Crippen molar-refractivity contribution in [2.24, 2.45) is 5.92 Å². The molecule has 0 radical (unpaired) electrons. The molecule has 2 saturated heterocycles. The Labute approximate surface area is 263 Å². The zero-order valence-corrected chi connectivity index (χ0v) is 26.0. The van der Waals surface area contributed by atoms with E-state index in [2.05, 4.69) is 16.0 Å². The molecular weight excluding hydrogens is 614 g/mol. The van der Waals surface area contributed by atoms with E-state index in [0.29, 0.717) is 35.8 Å². The highest BCUT2D eigenvalue weighted by Crippen LogP contribution is 2.49. The maximum atomic E-state index is 14.4. The molecule has 2 amide bonds. The Morgan fingerprint density at radius 2 is 1.70 bits per heavy atom. The molecule has 2 aromatic carbocycles. The lowest BCUT2D eigenvalue weighted by molar-refractivity contribution is -0.124. The zero-order valence-electron chi connectivity index (χ0n) is 24.4. The van der Waals surface area contributed by atoms with E-state index in [4.69, 9.17) is 11.6 Å². The first-order chi connectivity index (χ1) is 21.0. The number of benzene rings is 2. The predicted octanol–water partition coefficient (Wildman–Crippen LogP) is 5.94. The maximum absolute atomic E-state index is 14.4. The van der Waals surface area contributed by atoms with Crippen molar-refractivity contribution in [1.82, 2.24) is 20.3 Å². The van der Waals surface area contributed by atoms with Crippen LogP contribution in [0, 0.1) is 17.6 Å². The summed E-state index contributed by atoms with van der Waals surface area (Å²) >= 11 is 6.08. The Morgan fingerprint density at radius 1 is 1.00 bits per heavy atom. The van der Waals surface area contributed by atoms with E-state index < -0.39 is 46.4 Å². The Kier molecular flexibility index (Phi) is 10.7. The van der Waals surface area contributed by atoms with E-state index in [-0.39, 0.29) is 29.6 Å². The number of rotatable bonds is 9. The molecule has 44 heavy (non-hydrogen) atoms. The van der Waals surface area contributed by atoms with Gasteiger partial charge < -0.3 is 21.1 Å². The minimum Gasteiger partial charge on any atom is -0.465 e. The molecule has 1 saturated carbocycles. The highest BCUT2D eigenvalue weighted by atomic mass is 35.5. The van der Waals surface area contributed by atoms with Crippen molar-refractivity contribution in [3.05, 3.63) is 70.2 Å². The molecule has 0 spiro atoms. The van der Waals surface area contributed by atoms with Crippen LogP contribution in [0.5, 0.6) is 0 Å². The van der Waals surface area contributed by atoms with Gasteiger partial charge in [-0.25, -0.2) is 17.9 Å². The Hall–Kier alpha value is -2.48. The van der Waals surface area contributed by atoms with Gasteiger partial charge in [0.15, 0.2) is 0 Å². The van der Waals surface area contributed by atoms with Gasteiger partial charge in [0.05, 0.1) is 5.75 Å². The predicted molar refractivity (Wildman–Crippen MR) is 167 cm³/mol. The molecule has 1 unspecified atom stereocenters. The zero-order chi connectivity index (χ0) is 31.4. The second-order valence-electron chi connectivity index (χ2n) is 12.2. The standard InChI is InChI=1S/C31H41ClF2N4O5S/c32-22-10-7-20(8-11-22)28(21-14-23(33)16-24(34)15-21)29(37-31(40)41)30(39)36-27-6-2-1-4-19(27)9-12-26-17-35-25-5-3-13-44(42,43)38(26)18-25/h7-8,10-11,14-16,19,25-29,35,37,42-43H,1-6,9,12-13,17-18H2,(H,36,39)(H,40,41)/t19-,25-,26+,27+,28+,29+/m1/s1. The fourth-order valence-corrected chi connectivity index (χ4v) is 9.12. The largest absolute Gasteiger partial charge is 0.465 e. The number of hydrogen-bond donors (Lipinski definition) is 6. The number of nitrogens with zero attached hydrogens (tertiary/aromatic N) is 1. The Bertz CT molecular complexity index is 1300. The monoisotopic (exact) mass is 654 g/mol. The van der Waals surface area contributed by atoms with Crippen LogP contribution in [0.15, 0.2) is 42.5 Å². The number of fused-ring (bicyclic) bond motifs is 2. The van der Waals surface area contributed by atoms with Gasteiger partial charge in [0.25, 0.3) is 0 Å². The summed E-state index contributed by atoms with van der Waals surface area (Å²) in [6.45, 7) is 1.27. The van der Waals surface area contributed by atoms with Crippen LogP contribution in [0.25, 0.3) is 0 Å². The van der Waals surface area contributed by atoms with Crippen molar-refractivity contribution in [1.29, 1.82) is 0 Å². The van der Waals surface area contributed by atoms with E-state index in [9.17, 15) is 32.6 Å². The molecule has 13 heteroatoms. The lowest BCUT2D eigenvalue weighted by atomic mass is 9.80. The first kappa shape index (κ1) is 32.9. The van der Waals surface area contributed by atoms with Crippen molar-refractivity contribution in [2.45, 2.75) is 81.5 Å². The van der Waals surface area contributed by atoms with Crippen LogP contribution in [0.2, 0.25) is 5.02 Å². The second kappa shape index (κ2) is 14.3. The molecule has 9 nitrogen and oxygen atoms in total. The molecule has 6 N–H and O–H groups in total. The lowest BCUT2D eigenvalue weighted by Crippen LogP contribution is -2.56. The Balaban J connectivity index is 1.35. The summed E-state index contributed by atoms with van der Waals surface area (Å²) in [5.74, 6) is -2.82. The van der Waals surface area contributed by atoms with Crippen LogP contribution in [0.4, 0.5) is 13.6 Å². The summed E-state index contributed by atoms with van der Waals surface area (Å²) in [5.41, 5.74) is 0.575.